The second-order valence-electron chi connectivity index (χ2n) is 5.64. The van der Waals surface area contributed by atoms with Gasteiger partial charge in [-0.3, -0.25) is 14.5 Å². The number of hydrogen-bond acceptors (Lipinski definition) is 5. The summed E-state index contributed by atoms with van der Waals surface area (Å²) in [5.74, 6) is -0.152. The molecule has 0 unspecified atom stereocenters. The Morgan fingerprint density at radius 1 is 1.07 bits per heavy atom. The number of nitrogens with one attached hydrogen (secondary N) is 2. The molecular weight excluding hydrogens is 446 g/mol. The van der Waals surface area contributed by atoms with Crippen LogP contribution in [0.2, 0.25) is 0 Å². The lowest BCUT2D eigenvalue weighted by Gasteiger charge is -2.13. The predicted octanol–water partition coefficient (Wildman–Crippen LogP) is 3.91. The number of sulfonamides is 1. The summed E-state index contributed by atoms with van der Waals surface area (Å²) in [6, 6.07) is 15.9. The van der Waals surface area contributed by atoms with Crippen LogP contribution >= 0.6 is 15.9 Å². The highest BCUT2D eigenvalue weighted by atomic mass is 79.9. The molecule has 0 radical (unpaired) electrons. The van der Waals surface area contributed by atoms with Crippen LogP contribution in [0.5, 0.6) is 5.75 Å². The molecule has 3 aromatic rings. The zero-order valence-corrected chi connectivity index (χ0v) is 17.1. The number of carbonyl (C=O) groups is 1. The van der Waals surface area contributed by atoms with Gasteiger partial charge in [-0.25, -0.2) is 8.42 Å². The monoisotopic (exact) mass is 461 g/mol. The minimum absolute atomic E-state index is 0.0208. The van der Waals surface area contributed by atoms with Crippen LogP contribution in [-0.4, -0.2) is 26.4 Å². The van der Waals surface area contributed by atoms with Crippen molar-refractivity contribution in [3.05, 3.63) is 77.0 Å². The number of pyridine rings is 1. The van der Waals surface area contributed by atoms with Gasteiger partial charge in [-0.2, -0.15) is 0 Å². The summed E-state index contributed by atoms with van der Waals surface area (Å²) in [4.78, 5) is 16.3. The molecule has 0 spiro atoms. The van der Waals surface area contributed by atoms with Crippen molar-refractivity contribution in [1.82, 2.24) is 4.98 Å². The first-order chi connectivity index (χ1) is 13.4. The molecule has 144 valence electrons. The molecule has 7 nitrogen and oxygen atoms in total. The second-order valence-corrected chi connectivity index (χ2v) is 8.24. The Hall–Kier alpha value is -2.91. The van der Waals surface area contributed by atoms with Gasteiger partial charge in [0, 0.05) is 16.4 Å². The molecule has 28 heavy (non-hydrogen) atoms. The number of amides is 1. The summed E-state index contributed by atoms with van der Waals surface area (Å²) >= 11 is 3.30. The summed E-state index contributed by atoms with van der Waals surface area (Å²) in [6.07, 6.45) is 1.50. The molecule has 0 fully saturated rings. The van der Waals surface area contributed by atoms with Crippen LogP contribution in [0.4, 0.5) is 11.4 Å². The Bertz CT molecular complexity index is 1090. The van der Waals surface area contributed by atoms with Gasteiger partial charge in [0.2, 0.25) is 0 Å². The number of benzene rings is 2. The zero-order valence-electron chi connectivity index (χ0n) is 14.7. The zero-order chi connectivity index (χ0) is 20.1. The molecule has 2 N–H and O–H groups in total. The van der Waals surface area contributed by atoms with Crippen molar-refractivity contribution < 1.29 is 17.9 Å². The maximum absolute atomic E-state index is 12.7. The lowest BCUT2D eigenvalue weighted by molar-refractivity contribution is 0.102. The second kappa shape index (κ2) is 8.41. The third-order valence-corrected chi connectivity index (χ3v) is 5.63. The van der Waals surface area contributed by atoms with Crippen molar-refractivity contribution in [2.75, 3.05) is 17.1 Å². The Morgan fingerprint density at radius 2 is 1.82 bits per heavy atom. The quantitative estimate of drug-likeness (QED) is 0.579. The number of rotatable bonds is 6. The van der Waals surface area contributed by atoms with Gasteiger partial charge in [0.1, 0.15) is 11.4 Å². The highest BCUT2D eigenvalue weighted by Gasteiger charge is 2.18. The number of nitrogens with zero attached hydrogens (tertiary/aromatic N) is 1. The Morgan fingerprint density at radius 3 is 2.46 bits per heavy atom. The number of carbonyl (C=O) groups excluding carboxylic acids is 1. The number of methoxy groups -OCH3 is 1. The third kappa shape index (κ3) is 4.68. The van der Waals surface area contributed by atoms with E-state index in [-0.39, 0.29) is 16.3 Å². The number of ether oxygens (including phenoxy) is 1. The van der Waals surface area contributed by atoms with Crippen LogP contribution in [0.3, 0.4) is 0 Å². The van der Waals surface area contributed by atoms with E-state index in [1.807, 2.05) is 0 Å². The standard InChI is InChI=1S/C19H16BrN3O4S/c1-27-18-10-9-15(28(25,26)23-14-7-5-13(20)6-8-14)12-17(18)22-19(24)16-4-2-3-11-21-16/h2-12,23H,1H3,(H,22,24). The number of halogens is 1. The molecular formula is C19H16BrN3O4S. The molecule has 1 aromatic heterocycles. The SMILES string of the molecule is COc1ccc(S(=O)(=O)Nc2ccc(Br)cc2)cc1NC(=O)c1ccccn1. The first kappa shape index (κ1) is 19.8. The Balaban J connectivity index is 1.89. The van der Waals surface area contributed by atoms with Crippen LogP contribution in [0.15, 0.2) is 76.2 Å². The fraction of sp³-hybridized carbons (Fsp3) is 0.0526. The summed E-state index contributed by atoms with van der Waals surface area (Å²) < 4.78 is 34.0. The van der Waals surface area contributed by atoms with E-state index in [4.69, 9.17) is 4.74 Å². The lowest BCUT2D eigenvalue weighted by Crippen LogP contribution is -2.16. The van der Waals surface area contributed by atoms with Gasteiger partial charge < -0.3 is 10.1 Å². The van der Waals surface area contributed by atoms with Crippen molar-refractivity contribution in [3.8, 4) is 5.75 Å². The van der Waals surface area contributed by atoms with E-state index in [1.165, 1.54) is 31.5 Å². The van der Waals surface area contributed by atoms with E-state index in [9.17, 15) is 13.2 Å². The number of anilines is 2. The molecule has 0 aliphatic heterocycles. The number of hydrogen-bond donors (Lipinski definition) is 2. The maximum Gasteiger partial charge on any atom is 0.274 e. The molecule has 0 aliphatic carbocycles. The van der Waals surface area contributed by atoms with Crippen molar-refractivity contribution in [2.45, 2.75) is 4.90 Å². The van der Waals surface area contributed by atoms with Gasteiger partial charge in [0.05, 0.1) is 17.7 Å². The Labute approximate surface area is 170 Å². The van der Waals surface area contributed by atoms with Gasteiger partial charge in [-0.05, 0) is 54.6 Å². The summed E-state index contributed by atoms with van der Waals surface area (Å²) in [5.41, 5.74) is 0.834. The normalized spacial score (nSPS) is 10.9. The average molecular weight is 462 g/mol. The molecule has 0 saturated heterocycles. The minimum atomic E-state index is -3.86. The molecule has 1 amide bonds. The van der Waals surface area contributed by atoms with E-state index >= 15 is 0 Å². The molecule has 0 atom stereocenters. The molecule has 2 aromatic carbocycles. The van der Waals surface area contributed by atoms with Crippen LogP contribution in [0, 0.1) is 0 Å². The lowest BCUT2D eigenvalue weighted by atomic mass is 10.2. The van der Waals surface area contributed by atoms with Crippen molar-refractivity contribution in [3.63, 3.8) is 0 Å². The first-order valence-electron chi connectivity index (χ1n) is 8.08. The largest absolute Gasteiger partial charge is 0.495 e. The fourth-order valence-electron chi connectivity index (χ4n) is 2.37. The maximum atomic E-state index is 12.7. The molecule has 0 bridgehead atoms. The van der Waals surface area contributed by atoms with E-state index in [0.717, 1.165) is 4.47 Å². The average Bonchev–Trinajstić information content (AvgIpc) is 2.70. The molecule has 3 rings (SSSR count). The van der Waals surface area contributed by atoms with E-state index < -0.39 is 15.9 Å². The van der Waals surface area contributed by atoms with Crippen molar-refractivity contribution in [1.29, 1.82) is 0 Å². The molecule has 0 saturated carbocycles. The van der Waals surface area contributed by atoms with Gasteiger partial charge >= 0.3 is 0 Å². The molecule has 1 heterocycles. The summed E-state index contributed by atoms with van der Waals surface area (Å²) in [5, 5.41) is 2.64. The van der Waals surface area contributed by atoms with E-state index in [0.29, 0.717) is 11.4 Å². The Kier molecular flexibility index (Phi) is 5.96. The van der Waals surface area contributed by atoms with Crippen molar-refractivity contribution in [2.24, 2.45) is 0 Å². The summed E-state index contributed by atoms with van der Waals surface area (Å²) in [6.45, 7) is 0. The smallest absolute Gasteiger partial charge is 0.274 e. The van der Waals surface area contributed by atoms with Crippen LogP contribution < -0.4 is 14.8 Å². The molecule has 9 heteroatoms. The summed E-state index contributed by atoms with van der Waals surface area (Å²) in [7, 11) is -2.43. The van der Waals surface area contributed by atoms with Crippen molar-refractivity contribution >= 4 is 43.2 Å². The van der Waals surface area contributed by atoms with E-state index in [2.05, 4.69) is 31.0 Å². The highest BCUT2D eigenvalue weighted by Crippen LogP contribution is 2.29. The number of aromatic nitrogens is 1. The van der Waals surface area contributed by atoms with Gasteiger partial charge in [-0.15, -0.1) is 0 Å². The predicted molar refractivity (Wildman–Crippen MR) is 110 cm³/mol. The first-order valence-corrected chi connectivity index (χ1v) is 10.4. The minimum Gasteiger partial charge on any atom is -0.495 e. The van der Waals surface area contributed by atoms with Crippen LogP contribution in [-0.2, 0) is 10.0 Å². The van der Waals surface area contributed by atoms with Gasteiger partial charge in [-0.1, -0.05) is 22.0 Å². The molecule has 0 aliphatic rings. The van der Waals surface area contributed by atoms with Gasteiger partial charge in [0.25, 0.3) is 15.9 Å². The van der Waals surface area contributed by atoms with Crippen LogP contribution in [0.1, 0.15) is 10.5 Å². The van der Waals surface area contributed by atoms with Crippen LogP contribution in [0.25, 0.3) is 0 Å². The third-order valence-electron chi connectivity index (χ3n) is 3.72. The van der Waals surface area contributed by atoms with Gasteiger partial charge in [0.15, 0.2) is 0 Å². The topological polar surface area (TPSA) is 97.4 Å². The van der Waals surface area contributed by atoms with E-state index in [1.54, 1.807) is 42.5 Å². The highest BCUT2D eigenvalue weighted by molar-refractivity contribution is 9.10. The fourth-order valence-corrected chi connectivity index (χ4v) is 3.72.